The fourth-order valence-electron chi connectivity index (χ4n) is 1.76. The molecule has 2 aromatic rings. The predicted octanol–water partition coefficient (Wildman–Crippen LogP) is 2.19. The Morgan fingerprint density at radius 1 is 1.25 bits per heavy atom. The molecule has 1 aromatic carbocycles. The molecular weight excluding hydrogens is 218 g/mol. The molecule has 0 bridgehead atoms. The first kappa shape index (κ1) is 11.1. The van der Waals surface area contributed by atoms with Crippen LogP contribution < -0.4 is 17.0 Å². The zero-order chi connectivity index (χ0) is 11.5. The number of hydrogen-bond donors (Lipinski definition) is 3. The first-order valence-corrected chi connectivity index (χ1v) is 5.96. The summed E-state index contributed by atoms with van der Waals surface area (Å²) in [7, 11) is 0. The van der Waals surface area contributed by atoms with Gasteiger partial charge in [0, 0.05) is 10.6 Å². The second kappa shape index (κ2) is 4.65. The highest BCUT2D eigenvalue weighted by molar-refractivity contribution is 7.10. The van der Waals surface area contributed by atoms with Crippen molar-refractivity contribution in [1.29, 1.82) is 0 Å². The van der Waals surface area contributed by atoms with Crippen LogP contribution in [0.1, 0.15) is 22.0 Å². The summed E-state index contributed by atoms with van der Waals surface area (Å²) in [5.74, 6) is 5.63. The molecule has 0 aliphatic carbocycles. The number of anilines is 1. The number of aryl methyl sites for hydroxylation is 1. The number of nitrogen functional groups attached to an aromatic ring is 1. The largest absolute Gasteiger partial charge is 0.398 e. The van der Waals surface area contributed by atoms with Crippen molar-refractivity contribution < 1.29 is 0 Å². The third kappa shape index (κ3) is 1.95. The fraction of sp³-hybridized carbons (Fsp3) is 0.167. The summed E-state index contributed by atoms with van der Waals surface area (Å²) in [6.07, 6.45) is 0. The molecule has 0 aliphatic rings. The van der Waals surface area contributed by atoms with Crippen LogP contribution >= 0.6 is 11.3 Å². The Morgan fingerprint density at radius 3 is 2.56 bits per heavy atom. The SMILES string of the molecule is Cc1ccsc1C(NN)c1ccccc1N. The van der Waals surface area contributed by atoms with Crippen molar-refractivity contribution in [3.05, 3.63) is 51.7 Å². The minimum atomic E-state index is -0.0267. The smallest absolute Gasteiger partial charge is 0.0824 e. The first-order chi connectivity index (χ1) is 7.74. The molecule has 16 heavy (non-hydrogen) atoms. The van der Waals surface area contributed by atoms with Gasteiger partial charge in [0.1, 0.15) is 0 Å². The van der Waals surface area contributed by atoms with Gasteiger partial charge < -0.3 is 5.73 Å². The van der Waals surface area contributed by atoms with Crippen molar-refractivity contribution in [2.45, 2.75) is 13.0 Å². The molecular formula is C12H15N3S. The van der Waals surface area contributed by atoms with Gasteiger partial charge in [0.25, 0.3) is 0 Å². The van der Waals surface area contributed by atoms with E-state index in [9.17, 15) is 0 Å². The van der Waals surface area contributed by atoms with Crippen LogP contribution in [0.25, 0.3) is 0 Å². The number of para-hydroxylation sites is 1. The van der Waals surface area contributed by atoms with Gasteiger partial charge in [-0.25, -0.2) is 5.43 Å². The number of rotatable bonds is 3. The lowest BCUT2D eigenvalue weighted by atomic mass is 10.0. The van der Waals surface area contributed by atoms with E-state index in [4.69, 9.17) is 11.6 Å². The normalized spacial score (nSPS) is 12.6. The van der Waals surface area contributed by atoms with Crippen LogP contribution in [0.3, 0.4) is 0 Å². The number of hydrogen-bond acceptors (Lipinski definition) is 4. The molecule has 1 heterocycles. The van der Waals surface area contributed by atoms with Crippen LogP contribution in [0.15, 0.2) is 35.7 Å². The number of hydrazine groups is 1. The van der Waals surface area contributed by atoms with Gasteiger partial charge in [0.05, 0.1) is 6.04 Å². The molecule has 1 unspecified atom stereocenters. The minimum Gasteiger partial charge on any atom is -0.398 e. The summed E-state index contributed by atoms with van der Waals surface area (Å²) in [4.78, 5) is 1.21. The van der Waals surface area contributed by atoms with Crippen molar-refractivity contribution in [1.82, 2.24) is 5.43 Å². The molecule has 0 radical (unpaired) electrons. The van der Waals surface area contributed by atoms with Crippen LogP contribution in [0.5, 0.6) is 0 Å². The van der Waals surface area contributed by atoms with Gasteiger partial charge in [-0.05, 0) is 35.6 Å². The molecule has 3 nitrogen and oxygen atoms in total. The lowest BCUT2D eigenvalue weighted by Gasteiger charge is -2.17. The van der Waals surface area contributed by atoms with E-state index >= 15 is 0 Å². The summed E-state index contributed by atoms with van der Waals surface area (Å²) < 4.78 is 0. The Hall–Kier alpha value is -1.36. The Morgan fingerprint density at radius 2 is 2.00 bits per heavy atom. The summed E-state index contributed by atoms with van der Waals surface area (Å²) in [6, 6.07) is 9.85. The molecule has 1 atom stereocenters. The second-order valence-corrected chi connectivity index (χ2v) is 4.64. The Balaban J connectivity index is 2.45. The molecule has 84 valence electrons. The third-order valence-electron chi connectivity index (χ3n) is 2.64. The third-order valence-corrected chi connectivity index (χ3v) is 3.72. The van der Waals surface area contributed by atoms with Crippen LogP contribution in [-0.4, -0.2) is 0 Å². The molecule has 0 amide bonds. The maximum atomic E-state index is 5.96. The molecule has 0 saturated carbocycles. The standard InChI is InChI=1S/C12H15N3S/c1-8-6-7-16-12(8)11(15-14)9-4-2-3-5-10(9)13/h2-7,11,15H,13-14H2,1H3. The lowest BCUT2D eigenvalue weighted by Crippen LogP contribution is -2.29. The van der Waals surface area contributed by atoms with Crippen molar-refractivity contribution in [3.8, 4) is 0 Å². The van der Waals surface area contributed by atoms with Gasteiger partial charge in [-0.15, -0.1) is 11.3 Å². The summed E-state index contributed by atoms with van der Waals surface area (Å²) in [5.41, 5.74) is 11.8. The number of nitrogens with one attached hydrogen (secondary N) is 1. The summed E-state index contributed by atoms with van der Waals surface area (Å²) in [5, 5.41) is 2.06. The van der Waals surface area contributed by atoms with Gasteiger partial charge in [0.15, 0.2) is 0 Å². The molecule has 1 aromatic heterocycles. The fourth-order valence-corrected chi connectivity index (χ4v) is 2.76. The molecule has 0 fully saturated rings. The average molecular weight is 233 g/mol. The zero-order valence-electron chi connectivity index (χ0n) is 9.10. The maximum absolute atomic E-state index is 5.96. The zero-order valence-corrected chi connectivity index (χ0v) is 9.92. The number of thiophene rings is 1. The highest BCUT2D eigenvalue weighted by Gasteiger charge is 2.17. The molecule has 0 aliphatic heterocycles. The van der Waals surface area contributed by atoms with E-state index in [-0.39, 0.29) is 6.04 Å². The van der Waals surface area contributed by atoms with Crippen molar-refractivity contribution >= 4 is 17.0 Å². The molecule has 4 heteroatoms. The Labute approximate surface area is 99.1 Å². The van der Waals surface area contributed by atoms with E-state index in [0.717, 1.165) is 11.3 Å². The van der Waals surface area contributed by atoms with E-state index in [1.165, 1.54) is 10.4 Å². The highest BCUT2D eigenvalue weighted by Crippen LogP contribution is 2.31. The highest BCUT2D eigenvalue weighted by atomic mass is 32.1. The van der Waals surface area contributed by atoms with Gasteiger partial charge in [-0.1, -0.05) is 18.2 Å². The molecule has 0 spiro atoms. The van der Waals surface area contributed by atoms with Crippen LogP contribution in [0.2, 0.25) is 0 Å². The van der Waals surface area contributed by atoms with Crippen molar-refractivity contribution in [3.63, 3.8) is 0 Å². The van der Waals surface area contributed by atoms with Gasteiger partial charge in [-0.2, -0.15) is 0 Å². The molecule has 0 saturated heterocycles. The second-order valence-electron chi connectivity index (χ2n) is 3.70. The van der Waals surface area contributed by atoms with Crippen molar-refractivity contribution in [2.24, 2.45) is 5.84 Å². The molecule has 5 N–H and O–H groups in total. The van der Waals surface area contributed by atoms with E-state index < -0.39 is 0 Å². The molecule has 2 rings (SSSR count). The van der Waals surface area contributed by atoms with E-state index in [2.05, 4.69) is 23.8 Å². The van der Waals surface area contributed by atoms with Crippen molar-refractivity contribution in [2.75, 3.05) is 5.73 Å². The van der Waals surface area contributed by atoms with E-state index in [1.54, 1.807) is 11.3 Å². The van der Waals surface area contributed by atoms with Crippen LogP contribution in [-0.2, 0) is 0 Å². The lowest BCUT2D eigenvalue weighted by molar-refractivity contribution is 0.645. The first-order valence-electron chi connectivity index (χ1n) is 5.08. The van der Waals surface area contributed by atoms with Gasteiger partial charge in [0.2, 0.25) is 0 Å². The Kier molecular flexibility index (Phi) is 3.24. The predicted molar refractivity (Wildman–Crippen MR) is 69.1 cm³/mol. The number of nitrogens with two attached hydrogens (primary N) is 2. The minimum absolute atomic E-state index is 0.0267. The quantitative estimate of drug-likeness (QED) is 0.432. The van der Waals surface area contributed by atoms with Gasteiger partial charge in [-0.3, -0.25) is 5.84 Å². The topological polar surface area (TPSA) is 64.1 Å². The van der Waals surface area contributed by atoms with Gasteiger partial charge >= 0.3 is 0 Å². The average Bonchev–Trinajstić information content (AvgIpc) is 2.69. The summed E-state index contributed by atoms with van der Waals surface area (Å²) >= 11 is 1.69. The monoisotopic (exact) mass is 233 g/mol. The van der Waals surface area contributed by atoms with E-state index in [0.29, 0.717) is 0 Å². The maximum Gasteiger partial charge on any atom is 0.0824 e. The van der Waals surface area contributed by atoms with Crippen LogP contribution in [0.4, 0.5) is 5.69 Å². The van der Waals surface area contributed by atoms with Crippen LogP contribution in [0, 0.1) is 6.92 Å². The summed E-state index contributed by atoms with van der Waals surface area (Å²) in [6.45, 7) is 2.08. The van der Waals surface area contributed by atoms with E-state index in [1.807, 2.05) is 24.3 Å². The number of benzene rings is 1. The Bertz CT molecular complexity index is 479.